The molecule has 1 N–H and O–H groups in total. The van der Waals surface area contributed by atoms with Crippen molar-refractivity contribution >= 4 is 27.7 Å². The van der Waals surface area contributed by atoms with Crippen molar-refractivity contribution < 1.29 is 4.79 Å². The van der Waals surface area contributed by atoms with Crippen LogP contribution in [0.3, 0.4) is 0 Å². The summed E-state index contributed by atoms with van der Waals surface area (Å²) in [7, 11) is 0. The molecule has 0 bridgehead atoms. The van der Waals surface area contributed by atoms with Gasteiger partial charge in [0.2, 0.25) is 5.91 Å². The van der Waals surface area contributed by atoms with Gasteiger partial charge in [0.05, 0.1) is 0 Å². The number of carbonyl (C=O) groups is 1. The molecule has 1 heterocycles. The number of hydrogen-bond acceptors (Lipinski definition) is 2. The predicted molar refractivity (Wildman–Crippen MR) is 62.6 cm³/mol. The van der Waals surface area contributed by atoms with Crippen LogP contribution in [-0.2, 0) is 4.79 Å². The average molecular weight is 269 g/mol. The maximum atomic E-state index is 11.8. The Morgan fingerprint density at radius 3 is 2.80 bits per heavy atom. The van der Waals surface area contributed by atoms with Crippen LogP contribution in [0.4, 0.5) is 5.82 Å². The van der Waals surface area contributed by atoms with Crippen molar-refractivity contribution in [2.45, 2.75) is 26.7 Å². The van der Waals surface area contributed by atoms with Gasteiger partial charge in [0.1, 0.15) is 5.82 Å². The third-order valence-electron chi connectivity index (χ3n) is 2.83. The molecule has 0 radical (unpaired) electrons. The van der Waals surface area contributed by atoms with E-state index in [4.69, 9.17) is 0 Å². The van der Waals surface area contributed by atoms with Gasteiger partial charge in [0.15, 0.2) is 0 Å². The van der Waals surface area contributed by atoms with E-state index in [1.54, 1.807) is 6.20 Å². The number of amides is 1. The minimum absolute atomic E-state index is 0.0837. The number of aromatic nitrogens is 1. The van der Waals surface area contributed by atoms with Crippen LogP contribution in [-0.4, -0.2) is 10.9 Å². The van der Waals surface area contributed by atoms with Gasteiger partial charge >= 0.3 is 0 Å². The van der Waals surface area contributed by atoms with Gasteiger partial charge in [0, 0.05) is 16.1 Å². The van der Waals surface area contributed by atoms with Gasteiger partial charge in [-0.05, 0) is 47.3 Å². The molecule has 15 heavy (non-hydrogen) atoms. The number of anilines is 1. The molecule has 80 valence electrons. The number of rotatable bonds is 2. The second-order valence-corrected chi connectivity index (χ2v) is 5.25. The summed E-state index contributed by atoms with van der Waals surface area (Å²) in [6, 6.07) is 1.94. The lowest BCUT2D eigenvalue weighted by Crippen LogP contribution is -2.22. The van der Waals surface area contributed by atoms with Gasteiger partial charge in [-0.1, -0.05) is 6.92 Å². The molecule has 0 saturated heterocycles. The Balaban J connectivity index is 2.14. The number of nitrogens with zero attached hydrogens (tertiary/aromatic N) is 1. The highest BCUT2D eigenvalue weighted by Gasteiger charge is 2.45. The highest BCUT2D eigenvalue weighted by molar-refractivity contribution is 9.10. The quantitative estimate of drug-likeness (QED) is 0.896. The molecule has 1 aromatic rings. The number of halogens is 1. The number of hydrogen-bond donors (Lipinski definition) is 1. The van der Waals surface area contributed by atoms with Crippen LogP contribution in [0.5, 0.6) is 0 Å². The molecule has 0 unspecified atom stereocenters. The van der Waals surface area contributed by atoms with Crippen LogP contribution in [0.25, 0.3) is 0 Å². The van der Waals surface area contributed by atoms with Gasteiger partial charge in [-0.25, -0.2) is 4.98 Å². The molecule has 1 aliphatic rings. The van der Waals surface area contributed by atoms with Gasteiger partial charge in [-0.15, -0.1) is 0 Å². The summed E-state index contributed by atoms with van der Waals surface area (Å²) in [5, 5.41) is 2.87. The molecular weight excluding hydrogens is 256 g/mol. The van der Waals surface area contributed by atoms with E-state index in [-0.39, 0.29) is 11.3 Å². The van der Waals surface area contributed by atoms with Crippen molar-refractivity contribution in [3.8, 4) is 0 Å². The highest BCUT2D eigenvalue weighted by Crippen LogP contribution is 2.45. The zero-order chi connectivity index (χ0) is 11.1. The summed E-state index contributed by atoms with van der Waals surface area (Å²) in [6.45, 7) is 3.92. The highest BCUT2D eigenvalue weighted by atomic mass is 79.9. The van der Waals surface area contributed by atoms with Crippen molar-refractivity contribution in [3.05, 3.63) is 22.3 Å². The standard InChI is InChI=1S/C11H13BrN2O/c1-7-5-8(12)6-13-9(7)14-10(15)11(2)3-4-11/h5-6H,3-4H2,1-2H3,(H,13,14,15). The van der Waals surface area contributed by atoms with E-state index in [1.807, 2.05) is 19.9 Å². The topological polar surface area (TPSA) is 42.0 Å². The minimum Gasteiger partial charge on any atom is -0.310 e. The van der Waals surface area contributed by atoms with Crippen LogP contribution in [0.2, 0.25) is 0 Å². The van der Waals surface area contributed by atoms with Gasteiger partial charge < -0.3 is 5.32 Å². The molecule has 1 aromatic heterocycles. The second-order valence-electron chi connectivity index (χ2n) is 4.33. The minimum atomic E-state index is -0.152. The fraction of sp³-hybridized carbons (Fsp3) is 0.455. The Morgan fingerprint density at radius 1 is 1.60 bits per heavy atom. The molecule has 1 saturated carbocycles. The fourth-order valence-corrected chi connectivity index (χ4v) is 1.79. The first-order chi connectivity index (χ1) is 7.01. The summed E-state index contributed by atoms with van der Waals surface area (Å²) in [5.74, 6) is 0.747. The molecule has 1 fully saturated rings. The summed E-state index contributed by atoms with van der Waals surface area (Å²) in [4.78, 5) is 16.0. The third-order valence-corrected chi connectivity index (χ3v) is 3.26. The first-order valence-electron chi connectivity index (χ1n) is 4.95. The summed E-state index contributed by atoms with van der Waals surface area (Å²) < 4.78 is 0.927. The number of nitrogens with one attached hydrogen (secondary N) is 1. The average Bonchev–Trinajstić information content (AvgIpc) is 2.90. The molecule has 1 amide bonds. The van der Waals surface area contributed by atoms with E-state index >= 15 is 0 Å². The van der Waals surface area contributed by atoms with Crippen molar-refractivity contribution in [2.24, 2.45) is 5.41 Å². The van der Waals surface area contributed by atoms with Crippen LogP contribution in [0.15, 0.2) is 16.7 Å². The fourth-order valence-electron chi connectivity index (χ4n) is 1.34. The Labute approximate surface area is 97.4 Å². The molecule has 3 nitrogen and oxygen atoms in total. The SMILES string of the molecule is Cc1cc(Br)cnc1NC(=O)C1(C)CC1. The molecule has 4 heteroatoms. The first-order valence-corrected chi connectivity index (χ1v) is 5.74. The van der Waals surface area contributed by atoms with Gasteiger partial charge in [0.25, 0.3) is 0 Å². The molecular formula is C11H13BrN2O. The van der Waals surface area contributed by atoms with Crippen molar-refractivity contribution in [2.75, 3.05) is 5.32 Å². The second kappa shape index (κ2) is 3.59. The molecule has 0 atom stereocenters. The Kier molecular flexibility index (Phi) is 2.54. The number of aryl methyl sites for hydroxylation is 1. The lowest BCUT2D eigenvalue weighted by molar-refractivity contribution is -0.120. The summed E-state index contributed by atoms with van der Waals surface area (Å²) in [6.07, 6.45) is 3.65. The number of carbonyl (C=O) groups excluding carboxylic acids is 1. The Bertz CT molecular complexity index is 413. The lowest BCUT2D eigenvalue weighted by Gasteiger charge is -2.11. The summed E-state index contributed by atoms with van der Waals surface area (Å²) in [5.41, 5.74) is 0.822. The summed E-state index contributed by atoms with van der Waals surface area (Å²) >= 11 is 3.34. The Morgan fingerprint density at radius 2 is 2.27 bits per heavy atom. The Hall–Kier alpha value is -0.900. The van der Waals surface area contributed by atoms with E-state index in [0.717, 1.165) is 22.9 Å². The zero-order valence-electron chi connectivity index (χ0n) is 8.80. The molecule has 1 aliphatic carbocycles. The van der Waals surface area contributed by atoms with E-state index in [0.29, 0.717) is 5.82 Å². The normalized spacial score (nSPS) is 17.3. The molecule has 2 rings (SSSR count). The molecule has 0 spiro atoms. The van der Waals surface area contributed by atoms with Gasteiger partial charge in [-0.3, -0.25) is 4.79 Å². The van der Waals surface area contributed by atoms with Crippen molar-refractivity contribution in [1.29, 1.82) is 0 Å². The maximum Gasteiger partial charge on any atom is 0.231 e. The van der Waals surface area contributed by atoms with E-state index < -0.39 is 0 Å². The smallest absolute Gasteiger partial charge is 0.231 e. The van der Waals surface area contributed by atoms with Crippen LogP contribution >= 0.6 is 15.9 Å². The van der Waals surface area contributed by atoms with E-state index in [2.05, 4.69) is 26.2 Å². The molecule has 0 aliphatic heterocycles. The predicted octanol–water partition coefficient (Wildman–Crippen LogP) is 2.89. The lowest BCUT2D eigenvalue weighted by atomic mass is 10.1. The van der Waals surface area contributed by atoms with Crippen molar-refractivity contribution in [1.82, 2.24) is 4.98 Å². The number of pyridine rings is 1. The molecule has 0 aromatic carbocycles. The van der Waals surface area contributed by atoms with Crippen LogP contribution in [0, 0.1) is 12.3 Å². The van der Waals surface area contributed by atoms with Crippen molar-refractivity contribution in [3.63, 3.8) is 0 Å². The van der Waals surface area contributed by atoms with Gasteiger partial charge in [-0.2, -0.15) is 0 Å². The first kappa shape index (κ1) is 10.6. The van der Waals surface area contributed by atoms with Crippen LogP contribution < -0.4 is 5.32 Å². The van der Waals surface area contributed by atoms with E-state index in [9.17, 15) is 4.79 Å². The van der Waals surface area contributed by atoms with Crippen LogP contribution in [0.1, 0.15) is 25.3 Å². The monoisotopic (exact) mass is 268 g/mol. The largest absolute Gasteiger partial charge is 0.310 e. The third kappa shape index (κ3) is 2.20. The van der Waals surface area contributed by atoms with E-state index in [1.165, 1.54) is 0 Å². The zero-order valence-corrected chi connectivity index (χ0v) is 10.4. The maximum absolute atomic E-state index is 11.8.